The van der Waals surface area contributed by atoms with E-state index in [2.05, 4.69) is 0 Å². The zero-order valence-electron chi connectivity index (χ0n) is 10.9. The summed E-state index contributed by atoms with van der Waals surface area (Å²) in [6.07, 6.45) is -3.62. The van der Waals surface area contributed by atoms with Crippen LogP contribution in [0.25, 0.3) is 0 Å². The zero-order valence-corrected chi connectivity index (χ0v) is 10.9. The number of carbonyl (C=O) groups excluding carboxylic acids is 1. The Morgan fingerprint density at radius 1 is 1.45 bits per heavy atom. The Morgan fingerprint density at radius 2 is 2.10 bits per heavy atom. The van der Waals surface area contributed by atoms with Gasteiger partial charge in [0.05, 0.1) is 6.61 Å². The van der Waals surface area contributed by atoms with Crippen LogP contribution >= 0.6 is 0 Å². The maximum absolute atomic E-state index is 12.6. The number of halogens is 3. The van der Waals surface area contributed by atoms with Crippen molar-refractivity contribution in [1.29, 1.82) is 0 Å². The van der Waals surface area contributed by atoms with E-state index in [0.29, 0.717) is 17.2 Å². The SMILES string of the molecule is CCN(CCO)C(=O)Cn1cccc(C(F)(F)F)c1=O. The molecule has 0 saturated heterocycles. The summed E-state index contributed by atoms with van der Waals surface area (Å²) in [5.41, 5.74) is -2.56. The second-order valence-electron chi connectivity index (χ2n) is 4.05. The van der Waals surface area contributed by atoms with E-state index in [1.165, 1.54) is 4.90 Å². The summed E-state index contributed by atoms with van der Waals surface area (Å²) in [6, 6.07) is 1.74. The highest BCUT2D eigenvalue weighted by Crippen LogP contribution is 2.25. The van der Waals surface area contributed by atoms with Gasteiger partial charge in [0.25, 0.3) is 5.56 Å². The molecule has 0 aromatic carbocycles. The summed E-state index contributed by atoms with van der Waals surface area (Å²) >= 11 is 0. The highest BCUT2D eigenvalue weighted by molar-refractivity contribution is 5.75. The van der Waals surface area contributed by atoms with Crippen molar-refractivity contribution in [2.24, 2.45) is 0 Å². The molecule has 0 saturated carbocycles. The lowest BCUT2D eigenvalue weighted by Crippen LogP contribution is -2.39. The number of hydrogen-bond donors (Lipinski definition) is 1. The molecule has 8 heteroatoms. The summed E-state index contributed by atoms with van der Waals surface area (Å²) in [7, 11) is 0. The van der Waals surface area contributed by atoms with Crippen LogP contribution in [0.1, 0.15) is 12.5 Å². The Balaban J connectivity index is 2.99. The number of alkyl halides is 3. The Kier molecular flexibility index (Phi) is 5.32. The molecule has 0 unspecified atom stereocenters. The summed E-state index contributed by atoms with van der Waals surface area (Å²) in [6.45, 7) is 1.30. The van der Waals surface area contributed by atoms with Crippen LogP contribution in [0, 0.1) is 0 Å². The van der Waals surface area contributed by atoms with Gasteiger partial charge in [0.1, 0.15) is 12.1 Å². The van der Waals surface area contributed by atoms with Crippen LogP contribution in [0.3, 0.4) is 0 Å². The number of amides is 1. The number of aliphatic hydroxyl groups excluding tert-OH is 1. The van der Waals surface area contributed by atoms with Gasteiger partial charge in [-0.2, -0.15) is 13.2 Å². The molecule has 1 amide bonds. The topological polar surface area (TPSA) is 62.5 Å². The highest BCUT2D eigenvalue weighted by Gasteiger charge is 2.34. The maximum atomic E-state index is 12.6. The Morgan fingerprint density at radius 3 is 2.60 bits per heavy atom. The fourth-order valence-electron chi connectivity index (χ4n) is 1.70. The number of aliphatic hydroxyl groups is 1. The standard InChI is InChI=1S/C12H15F3N2O3/c1-2-16(6-7-18)10(19)8-17-5-3-4-9(11(17)20)12(13,14)15/h3-5,18H,2,6-8H2,1H3. The minimum absolute atomic E-state index is 0.0725. The van der Waals surface area contributed by atoms with Crippen LogP contribution < -0.4 is 5.56 Å². The fraction of sp³-hybridized carbons (Fsp3) is 0.500. The predicted octanol–water partition coefficient (Wildman–Crippen LogP) is 0.708. The van der Waals surface area contributed by atoms with Gasteiger partial charge in [-0.15, -0.1) is 0 Å². The molecule has 0 bridgehead atoms. The van der Waals surface area contributed by atoms with Crippen LogP contribution in [0.4, 0.5) is 13.2 Å². The second-order valence-corrected chi connectivity index (χ2v) is 4.05. The molecule has 0 aliphatic carbocycles. The Labute approximate surface area is 113 Å². The van der Waals surface area contributed by atoms with Gasteiger partial charge in [-0.3, -0.25) is 9.59 Å². The van der Waals surface area contributed by atoms with Crippen molar-refractivity contribution in [3.63, 3.8) is 0 Å². The third-order valence-electron chi connectivity index (χ3n) is 2.74. The number of aromatic nitrogens is 1. The molecule has 1 aromatic rings. The zero-order chi connectivity index (χ0) is 15.3. The van der Waals surface area contributed by atoms with Gasteiger partial charge in [0.15, 0.2) is 0 Å². The summed E-state index contributed by atoms with van der Waals surface area (Å²) < 4.78 is 38.4. The molecule has 0 radical (unpaired) electrons. The maximum Gasteiger partial charge on any atom is 0.421 e. The first kappa shape index (κ1) is 16.2. The highest BCUT2D eigenvalue weighted by atomic mass is 19.4. The molecule has 0 spiro atoms. The Bertz CT molecular complexity index is 525. The summed E-state index contributed by atoms with van der Waals surface area (Å²) in [4.78, 5) is 24.7. The molecule has 1 N–H and O–H groups in total. The predicted molar refractivity (Wildman–Crippen MR) is 65.0 cm³/mol. The quantitative estimate of drug-likeness (QED) is 0.869. The van der Waals surface area contributed by atoms with Crippen molar-refractivity contribution in [2.75, 3.05) is 19.7 Å². The average molecular weight is 292 g/mol. The first-order valence-corrected chi connectivity index (χ1v) is 5.96. The monoisotopic (exact) mass is 292 g/mol. The van der Waals surface area contributed by atoms with Crippen molar-refractivity contribution in [1.82, 2.24) is 9.47 Å². The molecule has 0 atom stereocenters. The van der Waals surface area contributed by atoms with Crippen molar-refractivity contribution in [3.8, 4) is 0 Å². The lowest BCUT2D eigenvalue weighted by molar-refractivity contribution is -0.139. The van der Waals surface area contributed by atoms with E-state index >= 15 is 0 Å². The average Bonchev–Trinajstić information content (AvgIpc) is 2.36. The van der Waals surface area contributed by atoms with E-state index in [0.717, 1.165) is 12.3 Å². The molecule has 0 fully saturated rings. The van der Waals surface area contributed by atoms with Gasteiger partial charge in [0.2, 0.25) is 5.91 Å². The largest absolute Gasteiger partial charge is 0.421 e. The molecule has 1 heterocycles. The van der Waals surface area contributed by atoms with Crippen molar-refractivity contribution >= 4 is 5.91 Å². The number of pyridine rings is 1. The van der Waals surface area contributed by atoms with Crippen LogP contribution in [0.15, 0.2) is 23.1 Å². The molecular weight excluding hydrogens is 277 g/mol. The minimum Gasteiger partial charge on any atom is -0.395 e. The van der Waals surface area contributed by atoms with Gasteiger partial charge in [0, 0.05) is 19.3 Å². The molecule has 112 valence electrons. The van der Waals surface area contributed by atoms with Crippen LogP contribution in [-0.2, 0) is 17.5 Å². The normalized spacial score (nSPS) is 11.4. The summed E-state index contributed by atoms with van der Waals surface area (Å²) in [5.74, 6) is -0.525. The third kappa shape index (κ3) is 3.83. The van der Waals surface area contributed by atoms with E-state index in [-0.39, 0.29) is 13.2 Å². The smallest absolute Gasteiger partial charge is 0.395 e. The van der Waals surface area contributed by atoms with Crippen molar-refractivity contribution in [3.05, 3.63) is 34.2 Å². The van der Waals surface area contributed by atoms with Crippen LogP contribution in [0.2, 0.25) is 0 Å². The number of nitrogens with zero attached hydrogens (tertiary/aromatic N) is 2. The second kappa shape index (κ2) is 6.56. The van der Waals surface area contributed by atoms with Gasteiger partial charge in [-0.25, -0.2) is 0 Å². The van der Waals surface area contributed by atoms with Gasteiger partial charge >= 0.3 is 6.18 Å². The van der Waals surface area contributed by atoms with Gasteiger partial charge in [-0.05, 0) is 19.1 Å². The van der Waals surface area contributed by atoms with Crippen molar-refractivity contribution in [2.45, 2.75) is 19.6 Å². The lowest BCUT2D eigenvalue weighted by Gasteiger charge is -2.20. The van der Waals surface area contributed by atoms with E-state index < -0.39 is 29.8 Å². The number of likely N-dealkylation sites (N-methyl/N-ethyl adjacent to an activating group) is 1. The minimum atomic E-state index is -4.75. The van der Waals surface area contributed by atoms with Crippen molar-refractivity contribution < 1.29 is 23.1 Å². The molecule has 5 nitrogen and oxygen atoms in total. The first-order chi connectivity index (χ1) is 9.31. The van der Waals surface area contributed by atoms with Gasteiger partial charge < -0.3 is 14.6 Å². The van der Waals surface area contributed by atoms with E-state index in [1.807, 2.05) is 0 Å². The Hall–Kier alpha value is -1.83. The fourth-order valence-corrected chi connectivity index (χ4v) is 1.70. The first-order valence-electron chi connectivity index (χ1n) is 5.96. The number of rotatable bonds is 5. The number of hydrogen-bond acceptors (Lipinski definition) is 3. The van der Waals surface area contributed by atoms with Crippen LogP contribution in [0.5, 0.6) is 0 Å². The van der Waals surface area contributed by atoms with Gasteiger partial charge in [-0.1, -0.05) is 0 Å². The molecular formula is C12H15F3N2O3. The van der Waals surface area contributed by atoms with E-state index in [1.54, 1.807) is 6.92 Å². The summed E-state index contributed by atoms with van der Waals surface area (Å²) in [5, 5.41) is 8.78. The molecule has 1 aromatic heterocycles. The molecule has 20 heavy (non-hydrogen) atoms. The van der Waals surface area contributed by atoms with E-state index in [4.69, 9.17) is 5.11 Å². The van der Waals surface area contributed by atoms with Crippen LogP contribution in [-0.4, -0.2) is 40.2 Å². The molecule has 1 rings (SSSR count). The molecule has 0 aliphatic heterocycles. The lowest BCUT2D eigenvalue weighted by atomic mass is 10.2. The van der Waals surface area contributed by atoms with E-state index in [9.17, 15) is 22.8 Å². The third-order valence-corrected chi connectivity index (χ3v) is 2.74. The number of carbonyl (C=O) groups is 1. The molecule has 0 aliphatic rings.